The lowest BCUT2D eigenvalue weighted by Crippen LogP contribution is -2.45. The lowest BCUT2D eigenvalue weighted by molar-refractivity contribution is -0.142. The predicted molar refractivity (Wildman–Crippen MR) is 82.3 cm³/mol. The van der Waals surface area contributed by atoms with Gasteiger partial charge in [0.05, 0.1) is 18.8 Å². The number of carbonyl (C=O) groups excluding carboxylic acids is 1. The molecule has 2 aliphatic heterocycles. The van der Waals surface area contributed by atoms with E-state index in [4.69, 9.17) is 9.47 Å². The van der Waals surface area contributed by atoms with E-state index in [2.05, 4.69) is 4.90 Å². The van der Waals surface area contributed by atoms with Crippen LogP contribution in [0.15, 0.2) is 0 Å². The zero-order chi connectivity index (χ0) is 15.3. The minimum Gasteiger partial charge on any atom is -0.379 e. The topological polar surface area (TPSA) is 42.0 Å². The van der Waals surface area contributed by atoms with Crippen LogP contribution in [-0.4, -0.2) is 73.9 Å². The van der Waals surface area contributed by atoms with Gasteiger partial charge in [-0.05, 0) is 39.5 Å². The molecule has 0 aliphatic carbocycles. The average Bonchev–Trinajstić information content (AvgIpc) is 2.46. The van der Waals surface area contributed by atoms with E-state index in [-0.39, 0.29) is 18.1 Å². The van der Waals surface area contributed by atoms with Crippen molar-refractivity contribution in [1.82, 2.24) is 9.80 Å². The highest BCUT2D eigenvalue weighted by atomic mass is 16.5. The zero-order valence-electron chi connectivity index (χ0n) is 13.8. The molecule has 21 heavy (non-hydrogen) atoms. The van der Waals surface area contributed by atoms with E-state index in [0.717, 1.165) is 64.7 Å². The second-order valence-corrected chi connectivity index (χ2v) is 7.14. The van der Waals surface area contributed by atoms with Gasteiger partial charge in [0.15, 0.2) is 0 Å². The summed E-state index contributed by atoms with van der Waals surface area (Å²) in [6, 6.07) is 0. The monoisotopic (exact) mass is 298 g/mol. The molecule has 0 bridgehead atoms. The van der Waals surface area contributed by atoms with Crippen molar-refractivity contribution in [1.29, 1.82) is 0 Å². The summed E-state index contributed by atoms with van der Waals surface area (Å²) in [6.45, 7) is 12.9. The fourth-order valence-electron chi connectivity index (χ4n) is 2.88. The van der Waals surface area contributed by atoms with Gasteiger partial charge in [0.1, 0.15) is 6.61 Å². The molecule has 0 aromatic carbocycles. The molecule has 0 saturated carbocycles. The number of piperidine rings is 1. The summed E-state index contributed by atoms with van der Waals surface area (Å²) >= 11 is 0. The van der Waals surface area contributed by atoms with E-state index in [1.54, 1.807) is 0 Å². The number of amides is 1. The van der Waals surface area contributed by atoms with Crippen LogP contribution in [0.2, 0.25) is 0 Å². The SMILES string of the molecule is CC(C)(C)OCC(=O)N1CCC(CN2CCOCC2)CC1. The van der Waals surface area contributed by atoms with Gasteiger partial charge >= 0.3 is 0 Å². The Morgan fingerprint density at radius 3 is 2.33 bits per heavy atom. The molecule has 5 nitrogen and oxygen atoms in total. The van der Waals surface area contributed by atoms with Crippen molar-refractivity contribution in [3.8, 4) is 0 Å². The number of hydrogen-bond acceptors (Lipinski definition) is 4. The number of ether oxygens (including phenoxy) is 2. The Kier molecular flexibility index (Phi) is 6.02. The van der Waals surface area contributed by atoms with E-state index in [1.807, 2.05) is 25.7 Å². The average molecular weight is 298 g/mol. The Labute approximate surface area is 128 Å². The third-order valence-electron chi connectivity index (χ3n) is 4.22. The maximum Gasteiger partial charge on any atom is 0.248 e. The molecule has 0 unspecified atom stereocenters. The summed E-state index contributed by atoms with van der Waals surface area (Å²) in [6.07, 6.45) is 2.22. The quantitative estimate of drug-likeness (QED) is 0.786. The van der Waals surface area contributed by atoms with E-state index in [1.165, 1.54) is 0 Å². The van der Waals surface area contributed by atoms with Crippen LogP contribution in [0.25, 0.3) is 0 Å². The van der Waals surface area contributed by atoms with Gasteiger partial charge < -0.3 is 14.4 Å². The summed E-state index contributed by atoms with van der Waals surface area (Å²) in [5.74, 6) is 0.852. The lowest BCUT2D eigenvalue weighted by Gasteiger charge is -2.36. The molecule has 2 fully saturated rings. The number of morpholine rings is 1. The minimum atomic E-state index is -0.246. The molecular weight excluding hydrogens is 268 g/mol. The van der Waals surface area contributed by atoms with Gasteiger partial charge in [-0.15, -0.1) is 0 Å². The fraction of sp³-hybridized carbons (Fsp3) is 0.938. The van der Waals surface area contributed by atoms with Crippen molar-refractivity contribution in [3.05, 3.63) is 0 Å². The van der Waals surface area contributed by atoms with Gasteiger partial charge in [-0.2, -0.15) is 0 Å². The molecular formula is C16H30N2O3. The third kappa shape index (κ3) is 5.93. The highest BCUT2D eigenvalue weighted by Gasteiger charge is 2.25. The molecule has 0 atom stereocenters. The minimum absolute atomic E-state index is 0.134. The summed E-state index contributed by atoms with van der Waals surface area (Å²) in [7, 11) is 0. The predicted octanol–water partition coefficient (Wildman–Crippen LogP) is 1.37. The molecule has 2 heterocycles. The number of rotatable bonds is 4. The summed E-state index contributed by atoms with van der Waals surface area (Å²) < 4.78 is 11.0. The summed E-state index contributed by atoms with van der Waals surface area (Å²) in [5, 5.41) is 0. The van der Waals surface area contributed by atoms with Crippen LogP contribution in [0.5, 0.6) is 0 Å². The highest BCUT2D eigenvalue weighted by Crippen LogP contribution is 2.19. The molecule has 2 aliphatic rings. The Morgan fingerprint density at radius 2 is 1.76 bits per heavy atom. The van der Waals surface area contributed by atoms with Crippen LogP contribution >= 0.6 is 0 Å². The van der Waals surface area contributed by atoms with Crippen LogP contribution < -0.4 is 0 Å². The molecule has 2 saturated heterocycles. The number of likely N-dealkylation sites (tertiary alicyclic amines) is 1. The van der Waals surface area contributed by atoms with Gasteiger partial charge in [-0.25, -0.2) is 0 Å². The van der Waals surface area contributed by atoms with Crippen molar-refractivity contribution < 1.29 is 14.3 Å². The Balaban J connectivity index is 1.66. The standard InChI is InChI=1S/C16H30N2O3/c1-16(2,3)21-13-15(19)18-6-4-14(5-7-18)12-17-8-10-20-11-9-17/h14H,4-13H2,1-3H3. The highest BCUT2D eigenvalue weighted by molar-refractivity contribution is 5.77. The maximum atomic E-state index is 12.1. The molecule has 2 rings (SSSR count). The first-order valence-corrected chi connectivity index (χ1v) is 8.16. The fourth-order valence-corrected chi connectivity index (χ4v) is 2.88. The number of hydrogen-bond donors (Lipinski definition) is 0. The maximum absolute atomic E-state index is 12.1. The van der Waals surface area contributed by atoms with E-state index < -0.39 is 0 Å². The van der Waals surface area contributed by atoms with E-state index in [9.17, 15) is 4.79 Å². The van der Waals surface area contributed by atoms with Gasteiger partial charge in [-0.1, -0.05) is 0 Å². The first kappa shape index (κ1) is 16.7. The van der Waals surface area contributed by atoms with Gasteiger partial charge in [0.25, 0.3) is 0 Å². The van der Waals surface area contributed by atoms with Crippen molar-refractivity contribution >= 4 is 5.91 Å². The second kappa shape index (κ2) is 7.56. The summed E-state index contributed by atoms with van der Waals surface area (Å²) in [5.41, 5.74) is -0.246. The first-order valence-electron chi connectivity index (χ1n) is 8.16. The van der Waals surface area contributed by atoms with Crippen LogP contribution in [0.3, 0.4) is 0 Å². The number of carbonyl (C=O) groups is 1. The first-order chi connectivity index (χ1) is 9.94. The van der Waals surface area contributed by atoms with Crippen molar-refractivity contribution in [2.45, 2.75) is 39.2 Å². The number of nitrogens with zero attached hydrogens (tertiary/aromatic N) is 2. The van der Waals surface area contributed by atoms with Gasteiger partial charge in [-0.3, -0.25) is 9.69 Å². The molecule has 1 amide bonds. The smallest absolute Gasteiger partial charge is 0.248 e. The van der Waals surface area contributed by atoms with Crippen molar-refractivity contribution in [2.75, 3.05) is 52.5 Å². The zero-order valence-corrected chi connectivity index (χ0v) is 13.8. The second-order valence-electron chi connectivity index (χ2n) is 7.14. The summed E-state index contributed by atoms with van der Waals surface area (Å²) in [4.78, 5) is 16.6. The largest absolute Gasteiger partial charge is 0.379 e. The van der Waals surface area contributed by atoms with Crippen LogP contribution in [-0.2, 0) is 14.3 Å². The van der Waals surface area contributed by atoms with Gasteiger partial charge in [0.2, 0.25) is 5.91 Å². The van der Waals surface area contributed by atoms with Crippen LogP contribution in [0.1, 0.15) is 33.6 Å². The van der Waals surface area contributed by atoms with Crippen molar-refractivity contribution in [2.24, 2.45) is 5.92 Å². The van der Waals surface area contributed by atoms with E-state index >= 15 is 0 Å². The Bertz CT molecular complexity index is 327. The lowest BCUT2D eigenvalue weighted by atomic mass is 9.96. The van der Waals surface area contributed by atoms with E-state index in [0.29, 0.717) is 0 Å². The third-order valence-corrected chi connectivity index (χ3v) is 4.22. The molecule has 0 N–H and O–H groups in total. The van der Waals surface area contributed by atoms with Crippen molar-refractivity contribution in [3.63, 3.8) is 0 Å². The Hall–Kier alpha value is -0.650. The van der Waals surface area contributed by atoms with Crippen LogP contribution in [0.4, 0.5) is 0 Å². The molecule has 0 aromatic heterocycles. The molecule has 0 aromatic rings. The molecule has 122 valence electrons. The molecule has 0 spiro atoms. The van der Waals surface area contributed by atoms with Crippen LogP contribution in [0, 0.1) is 5.92 Å². The van der Waals surface area contributed by atoms with Gasteiger partial charge in [0, 0.05) is 32.7 Å². The molecule has 0 radical (unpaired) electrons. The Morgan fingerprint density at radius 1 is 1.14 bits per heavy atom. The molecule has 5 heteroatoms. The normalized spacial score (nSPS) is 22.5.